The number of ether oxygens (including phenoxy) is 2. The Bertz CT molecular complexity index is 742. The molecule has 0 saturated heterocycles. The predicted octanol–water partition coefficient (Wildman–Crippen LogP) is 3.00. The summed E-state index contributed by atoms with van der Waals surface area (Å²) >= 11 is 0. The molecular weight excluding hydrogens is 380 g/mol. The summed E-state index contributed by atoms with van der Waals surface area (Å²) in [4.78, 5) is 19.0. The second-order valence-electron chi connectivity index (χ2n) is 8.24. The van der Waals surface area contributed by atoms with Crippen LogP contribution in [0.15, 0.2) is 17.1 Å². The lowest BCUT2D eigenvalue weighted by atomic mass is 9.98. The normalized spacial score (nSPS) is 17.8. The first-order valence-electron chi connectivity index (χ1n) is 11.2. The van der Waals surface area contributed by atoms with Gasteiger partial charge in [0, 0.05) is 32.1 Å². The van der Waals surface area contributed by atoms with Gasteiger partial charge >= 0.3 is 0 Å². The molecule has 3 rings (SSSR count). The zero-order valence-electron chi connectivity index (χ0n) is 18.4. The number of methoxy groups -OCH3 is 2. The molecule has 2 aliphatic rings. The molecule has 0 spiro atoms. The van der Waals surface area contributed by atoms with Crippen molar-refractivity contribution in [2.75, 3.05) is 27.3 Å². The van der Waals surface area contributed by atoms with E-state index in [0.29, 0.717) is 43.7 Å². The molecule has 1 amide bonds. The number of nitrogens with two attached hydrogens (primary N) is 1. The third kappa shape index (κ3) is 6.03. The Kier molecular flexibility index (Phi) is 8.22. The lowest BCUT2D eigenvalue weighted by Crippen LogP contribution is -2.40. The van der Waals surface area contributed by atoms with Crippen molar-refractivity contribution in [3.63, 3.8) is 0 Å². The number of rotatable bonds is 7. The van der Waals surface area contributed by atoms with Gasteiger partial charge in [-0.3, -0.25) is 9.79 Å². The van der Waals surface area contributed by atoms with Gasteiger partial charge < -0.3 is 25.4 Å². The van der Waals surface area contributed by atoms with Crippen molar-refractivity contribution in [1.82, 2.24) is 10.2 Å². The number of hydrogen-bond donors (Lipinski definition) is 2. The van der Waals surface area contributed by atoms with Crippen LogP contribution in [0.5, 0.6) is 11.5 Å². The molecule has 1 aliphatic heterocycles. The van der Waals surface area contributed by atoms with Crippen molar-refractivity contribution >= 4 is 11.9 Å². The molecule has 7 nitrogen and oxygen atoms in total. The number of carbonyl (C=O) groups excluding carboxylic acids is 1. The Morgan fingerprint density at radius 2 is 1.80 bits per heavy atom. The van der Waals surface area contributed by atoms with Gasteiger partial charge in [-0.1, -0.05) is 25.7 Å². The van der Waals surface area contributed by atoms with Gasteiger partial charge in [0.2, 0.25) is 5.91 Å². The largest absolute Gasteiger partial charge is 0.493 e. The fraction of sp³-hybridized carbons (Fsp3) is 0.652. The van der Waals surface area contributed by atoms with E-state index in [4.69, 9.17) is 15.2 Å². The molecule has 1 aliphatic carbocycles. The van der Waals surface area contributed by atoms with E-state index >= 15 is 0 Å². The minimum absolute atomic E-state index is 0.168. The summed E-state index contributed by atoms with van der Waals surface area (Å²) in [6.07, 6.45) is 9.52. The minimum Gasteiger partial charge on any atom is -0.493 e. The zero-order valence-corrected chi connectivity index (χ0v) is 18.4. The van der Waals surface area contributed by atoms with Crippen molar-refractivity contribution in [1.29, 1.82) is 0 Å². The molecule has 0 aromatic heterocycles. The molecule has 0 radical (unpaired) electrons. The van der Waals surface area contributed by atoms with Crippen LogP contribution in [0.25, 0.3) is 0 Å². The first kappa shape index (κ1) is 22.2. The molecule has 166 valence electrons. The number of nitrogens with one attached hydrogen (secondary N) is 1. The average molecular weight is 417 g/mol. The summed E-state index contributed by atoms with van der Waals surface area (Å²) in [5.74, 6) is 2.13. The SMILES string of the molecule is COc1cc2c(cc1OC)CN(C(=O)CCCN=C(N)NC1CCCCCC1)CC2. The Hall–Kier alpha value is -2.44. The van der Waals surface area contributed by atoms with Crippen molar-refractivity contribution in [2.24, 2.45) is 10.7 Å². The Morgan fingerprint density at radius 1 is 1.13 bits per heavy atom. The lowest BCUT2D eigenvalue weighted by molar-refractivity contribution is -0.132. The van der Waals surface area contributed by atoms with E-state index in [1.54, 1.807) is 14.2 Å². The molecule has 1 aromatic rings. The number of nitrogens with zero attached hydrogens (tertiary/aromatic N) is 2. The molecule has 0 unspecified atom stereocenters. The van der Waals surface area contributed by atoms with E-state index < -0.39 is 0 Å². The average Bonchev–Trinajstić information content (AvgIpc) is 3.03. The highest BCUT2D eigenvalue weighted by Crippen LogP contribution is 2.33. The maximum Gasteiger partial charge on any atom is 0.222 e. The molecule has 1 fully saturated rings. The summed E-state index contributed by atoms with van der Waals surface area (Å²) in [6.45, 7) is 1.92. The van der Waals surface area contributed by atoms with Gasteiger partial charge in [-0.25, -0.2) is 0 Å². The summed E-state index contributed by atoms with van der Waals surface area (Å²) in [5, 5.41) is 3.35. The van der Waals surface area contributed by atoms with Crippen LogP contribution in [0, 0.1) is 0 Å². The standard InChI is InChI=1S/C23H36N4O3/c1-29-20-14-17-11-13-27(16-18(17)15-21(20)30-2)22(28)10-7-12-25-23(24)26-19-8-5-3-4-6-9-19/h14-15,19H,3-13,16H2,1-2H3,(H3,24,25,26). The number of guanidine groups is 1. The fourth-order valence-corrected chi connectivity index (χ4v) is 4.36. The fourth-order valence-electron chi connectivity index (χ4n) is 4.36. The smallest absolute Gasteiger partial charge is 0.222 e. The van der Waals surface area contributed by atoms with E-state index in [-0.39, 0.29) is 5.91 Å². The van der Waals surface area contributed by atoms with Gasteiger partial charge in [0.25, 0.3) is 0 Å². The Morgan fingerprint density at radius 3 is 2.47 bits per heavy atom. The maximum absolute atomic E-state index is 12.7. The van der Waals surface area contributed by atoms with Crippen LogP contribution >= 0.6 is 0 Å². The summed E-state index contributed by atoms with van der Waals surface area (Å²) < 4.78 is 10.8. The van der Waals surface area contributed by atoms with Crippen molar-refractivity contribution in [2.45, 2.75) is 70.4 Å². The van der Waals surface area contributed by atoms with E-state index in [1.807, 2.05) is 17.0 Å². The van der Waals surface area contributed by atoms with E-state index in [1.165, 1.54) is 44.1 Å². The highest BCUT2D eigenvalue weighted by molar-refractivity contribution is 5.78. The van der Waals surface area contributed by atoms with Crippen LogP contribution in [-0.4, -0.2) is 50.1 Å². The van der Waals surface area contributed by atoms with Crippen LogP contribution in [-0.2, 0) is 17.8 Å². The molecule has 1 aromatic carbocycles. The molecule has 3 N–H and O–H groups in total. The van der Waals surface area contributed by atoms with Gasteiger partial charge in [0.15, 0.2) is 17.5 Å². The number of amides is 1. The minimum atomic E-state index is 0.168. The topological polar surface area (TPSA) is 89.2 Å². The van der Waals surface area contributed by atoms with Crippen LogP contribution in [0.2, 0.25) is 0 Å². The van der Waals surface area contributed by atoms with Crippen molar-refractivity contribution < 1.29 is 14.3 Å². The van der Waals surface area contributed by atoms with Gasteiger partial charge in [0.05, 0.1) is 14.2 Å². The van der Waals surface area contributed by atoms with Crippen LogP contribution in [0.3, 0.4) is 0 Å². The van der Waals surface area contributed by atoms with E-state index in [9.17, 15) is 4.79 Å². The van der Waals surface area contributed by atoms with Crippen LogP contribution < -0.4 is 20.5 Å². The molecule has 7 heteroatoms. The van der Waals surface area contributed by atoms with Crippen molar-refractivity contribution in [3.8, 4) is 11.5 Å². The second kappa shape index (κ2) is 11.1. The maximum atomic E-state index is 12.7. The van der Waals surface area contributed by atoms with Gasteiger partial charge in [-0.15, -0.1) is 0 Å². The van der Waals surface area contributed by atoms with Crippen LogP contribution in [0.1, 0.15) is 62.5 Å². The number of carbonyl (C=O) groups is 1. The molecule has 0 atom stereocenters. The van der Waals surface area contributed by atoms with E-state index in [0.717, 1.165) is 24.3 Å². The summed E-state index contributed by atoms with van der Waals surface area (Å²) in [5.41, 5.74) is 8.39. The molecular formula is C23H36N4O3. The second-order valence-corrected chi connectivity index (χ2v) is 8.24. The molecule has 1 saturated carbocycles. The third-order valence-electron chi connectivity index (χ3n) is 6.11. The lowest BCUT2D eigenvalue weighted by Gasteiger charge is -2.29. The van der Waals surface area contributed by atoms with Crippen molar-refractivity contribution in [3.05, 3.63) is 23.3 Å². The number of aliphatic imine (C=N–C) groups is 1. The molecule has 30 heavy (non-hydrogen) atoms. The molecule has 0 bridgehead atoms. The summed E-state index contributed by atoms with van der Waals surface area (Å²) in [6, 6.07) is 4.45. The monoisotopic (exact) mass is 416 g/mol. The van der Waals surface area contributed by atoms with Gasteiger partial charge in [-0.2, -0.15) is 0 Å². The first-order chi connectivity index (χ1) is 14.6. The number of benzene rings is 1. The van der Waals surface area contributed by atoms with E-state index in [2.05, 4.69) is 10.3 Å². The first-order valence-corrected chi connectivity index (χ1v) is 11.2. The summed E-state index contributed by atoms with van der Waals surface area (Å²) in [7, 11) is 3.27. The zero-order chi connectivity index (χ0) is 21.3. The highest BCUT2D eigenvalue weighted by Gasteiger charge is 2.22. The predicted molar refractivity (Wildman–Crippen MR) is 119 cm³/mol. The number of fused-ring (bicyclic) bond motifs is 1. The van der Waals surface area contributed by atoms with Gasteiger partial charge in [0.1, 0.15) is 0 Å². The van der Waals surface area contributed by atoms with Gasteiger partial charge in [-0.05, 0) is 48.9 Å². The third-order valence-corrected chi connectivity index (χ3v) is 6.11. The highest BCUT2D eigenvalue weighted by atomic mass is 16.5. The quantitative estimate of drug-likeness (QED) is 0.309. The Labute approximate surface area is 180 Å². The Balaban J connectivity index is 1.44. The number of hydrogen-bond acceptors (Lipinski definition) is 4. The molecule has 1 heterocycles. The van der Waals surface area contributed by atoms with Crippen LogP contribution in [0.4, 0.5) is 0 Å².